The zero-order valence-corrected chi connectivity index (χ0v) is 19.9. The number of anilines is 2. The SMILES string of the molecule is CCCCN1C(=O)c2cccc3c(NC(=O)[C@H]4CCCN4S(=O)(=O)c4cccs4)ccc1c23. The van der Waals surface area contributed by atoms with Gasteiger partial charge in [0.2, 0.25) is 5.91 Å². The molecular weight excluding hydrogens is 458 g/mol. The number of benzene rings is 2. The van der Waals surface area contributed by atoms with Crippen LogP contribution < -0.4 is 10.2 Å². The number of thiophene rings is 1. The smallest absolute Gasteiger partial charge is 0.258 e. The summed E-state index contributed by atoms with van der Waals surface area (Å²) in [4.78, 5) is 28.0. The van der Waals surface area contributed by atoms with Crippen LogP contribution in [0.15, 0.2) is 52.1 Å². The first-order chi connectivity index (χ1) is 15.9. The van der Waals surface area contributed by atoms with Crippen LogP contribution in [0.3, 0.4) is 0 Å². The number of sulfonamides is 1. The minimum absolute atomic E-state index is 0.0171. The molecule has 1 saturated heterocycles. The summed E-state index contributed by atoms with van der Waals surface area (Å²) in [6.07, 6.45) is 3.01. The van der Waals surface area contributed by atoms with Gasteiger partial charge in [-0.2, -0.15) is 4.31 Å². The van der Waals surface area contributed by atoms with Gasteiger partial charge in [0, 0.05) is 35.1 Å². The Bertz CT molecular complexity index is 1340. The number of amides is 2. The number of nitrogens with zero attached hydrogens (tertiary/aromatic N) is 2. The van der Waals surface area contributed by atoms with Crippen LogP contribution in [0.1, 0.15) is 43.0 Å². The third-order valence-electron chi connectivity index (χ3n) is 6.34. The van der Waals surface area contributed by atoms with Gasteiger partial charge in [-0.05, 0) is 48.9 Å². The molecule has 2 aliphatic rings. The van der Waals surface area contributed by atoms with E-state index in [4.69, 9.17) is 0 Å². The Morgan fingerprint density at radius 3 is 2.79 bits per heavy atom. The number of carbonyl (C=O) groups excluding carboxylic acids is 2. The molecule has 1 atom stereocenters. The highest BCUT2D eigenvalue weighted by molar-refractivity contribution is 7.91. The Labute approximate surface area is 197 Å². The van der Waals surface area contributed by atoms with E-state index in [1.165, 1.54) is 4.31 Å². The summed E-state index contributed by atoms with van der Waals surface area (Å²) in [6.45, 7) is 3.07. The molecule has 3 heterocycles. The van der Waals surface area contributed by atoms with Crippen LogP contribution in [0.2, 0.25) is 0 Å². The van der Waals surface area contributed by atoms with Gasteiger partial charge >= 0.3 is 0 Å². The molecule has 1 aromatic heterocycles. The monoisotopic (exact) mass is 483 g/mol. The molecule has 1 N–H and O–H groups in total. The summed E-state index contributed by atoms with van der Waals surface area (Å²) in [6, 6.07) is 11.7. The van der Waals surface area contributed by atoms with Gasteiger partial charge in [0.05, 0.1) is 5.69 Å². The van der Waals surface area contributed by atoms with Crippen molar-refractivity contribution in [2.75, 3.05) is 23.3 Å². The molecule has 33 heavy (non-hydrogen) atoms. The van der Waals surface area contributed by atoms with Crippen molar-refractivity contribution in [1.82, 2.24) is 4.31 Å². The summed E-state index contributed by atoms with van der Waals surface area (Å²) in [5.41, 5.74) is 2.09. The lowest BCUT2D eigenvalue weighted by Crippen LogP contribution is -2.42. The largest absolute Gasteiger partial charge is 0.324 e. The minimum Gasteiger partial charge on any atom is -0.324 e. The highest BCUT2D eigenvalue weighted by Crippen LogP contribution is 2.41. The maximum absolute atomic E-state index is 13.2. The Hall–Kier alpha value is -2.75. The van der Waals surface area contributed by atoms with Gasteiger partial charge in [-0.15, -0.1) is 11.3 Å². The van der Waals surface area contributed by atoms with E-state index < -0.39 is 16.1 Å². The molecule has 0 unspecified atom stereocenters. The molecule has 2 aliphatic heterocycles. The zero-order chi connectivity index (χ0) is 23.2. The highest BCUT2D eigenvalue weighted by atomic mass is 32.2. The van der Waals surface area contributed by atoms with E-state index in [0.29, 0.717) is 37.2 Å². The lowest BCUT2D eigenvalue weighted by Gasteiger charge is -2.23. The van der Waals surface area contributed by atoms with Crippen LogP contribution in [-0.4, -0.2) is 43.7 Å². The van der Waals surface area contributed by atoms with Gasteiger partial charge in [0.1, 0.15) is 10.3 Å². The van der Waals surface area contributed by atoms with Gasteiger partial charge in [0.15, 0.2) is 0 Å². The number of hydrogen-bond donors (Lipinski definition) is 1. The fourth-order valence-electron chi connectivity index (χ4n) is 4.73. The van der Waals surface area contributed by atoms with Crippen molar-refractivity contribution in [1.29, 1.82) is 0 Å². The summed E-state index contributed by atoms with van der Waals surface area (Å²) in [5, 5.41) is 6.30. The second-order valence-electron chi connectivity index (χ2n) is 8.37. The Morgan fingerprint density at radius 1 is 1.18 bits per heavy atom. The standard InChI is InChI=1S/C24H25N3O4S2/c1-2-3-13-26-19-12-11-18(16-7-4-8-17(22(16)19)24(26)29)25-23(28)20-9-5-14-27(20)33(30,31)21-10-6-15-32-21/h4,6-8,10-12,15,20H,2-3,5,9,13-14H2,1H3,(H,25,28)/t20-/m1/s1. The molecule has 2 amide bonds. The van der Waals surface area contributed by atoms with E-state index in [2.05, 4.69) is 12.2 Å². The number of carbonyl (C=O) groups is 2. The first kappa shape index (κ1) is 22.1. The van der Waals surface area contributed by atoms with Crippen molar-refractivity contribution < 1.29 is 18.0 Å². The second kappa shape index (κ2) is 8.55. The van der Waals surface area contributed by atoms with Crippen LogP contribution in [0, 0.1) is 0 Å². The molecule has 172 valence electrons. The Kier molecular flexibility index (Phi) is 5.72. The molecule has 1 fully saturated rings. The van der Waals surface area contributed by atoms with Crippen LogP contribution >= 0.6 is 11.3 Å². The van der Waals surface area contributed by atoms with Crippen molar-refractivity contribution in [3.63, 3.8) is 0 Å². The normalized spacial score (nSPS) is 18.4. The molecule has 0 saturated carbocycles. The summed E-state index contributed by atoms with van der Waals surface area (Å²) >= 11 is 1.15. The zero-order valence-electron chi connectivity index (χ0n) is 18.3. The highest BCUT2D eigenvalue weighted by Gasteiger charge is 2.40. The van der Waals surface area contributed by atoms with Gasteiger partial charge < -0.3 is 10.2 Å². The molecule has 2 aromatic carbocycles. The van der Waals surface area contributed by atoms with Gasteiger partial charge in [-0.25, -0.2) is 8.42 Å². The third kappa shape index (κ3) is 3.64. The second-order valence-corrected chi connectivity index (χ2v) is 11.4. The maximum atomic E-state index is 13.2. The van der Waals surface area contributed by atoms with Crippen molar-refractivity contribution in [2.24, 2.45) is 0 Å². The number of nitrogens with one attached hydrogen (secondary N) is 1. The van der Waals surface area contributed by atoms with Crippen molar-refractivity contribution in [2.45, 2.75) is 42.9 Å². The number of hydrogen-bond acceptors (Lipinski definition) is 5. The predicted octanol–water partition coefficient (Wildman–Crippen LogP) is 4.45. The first-order valence-corrected chi connectivity index (χ1v) is 13.5. The maximum Gasteiger partial charge on any atom is 0.258 e. The lowest BCUT2D eigenvalue weighted by molar-refractivity contribution is -0.119. The number of unbranched alkanes of at least 4 members (excludes halogenated alkanes) is 1. The average Bonchev–Trinajstić information content (AvgIpc) is 3.56. The quantitative estimate of drug-likeness (QED) is 0.538. The minimum atomic E-state index is -3.71. The van der Waals surface area contributed by atoms with Gasteiger partial charge in [-0.1, -0.05) is 31.5 Å². The fourth-order valence-corrected chi connectivity index (χ4v) is 7.50. The summed E-state index contributed by atoms with van der Waals surface area (Å²) in [7, 11) is -3.71. The van der Waals surface area contributed by atoms with E-state index in [1.807, 2.05) is 30.3 Å². The number of rotatable bonds is 7. The molecule has 0 radical (unpaired) electrons. The van der Waals surface area contributed by atoms with Crippen LogP contribution in [0.5, 0.6) is 0 Å². The Balaban J connectivity index is 1.45. The molecule has 5 rings (SSSR count). The van der Waals surface area contributed by atoms with E-state index in [-0.39, 0.29) is 16.0 Å². The molecule has 7 nitrogen and oxygen atoms in total. The van der Waals surface area contributed by atoms with Crippen molar-refractivity contribution in [3.8, 4) is 0 Å². The molecule has 0 bridgehead atoms. The van der Waals surface area contributed by atoms with Crippen LogP contribution in [0.25, 0.3) is 10.8 Å². The van der Waals surface area contributed by atoms with Gasteiger partial charge in [0.25, 0.3) is 15.9 Å². The molecule has 0 aliphatic carbocycles. The predicted molar refractivity (Wildman–Crippen MR) is 130 cm³/mol. The summed E-state index contributed by atoms with van der Waals surface area (Å²) < 4.78 is 27.6. The molecule has 3 aromatic rings. The van der Waals surface area contributed by atoms with Crippen molar-refractivity contribution in [3.05, 3.63) is 53.4 Å². The lowest BCUT2D eigenvalue weighted by atomic mass is 10.0. The van der Waals surface area contributed by atoms with Gasteiger partial charge in [-0.3, -0.25) is 9.59 Å². The third-order valence-corrected chi connectivity index (χ3v) is 9.62. The molecular formula is C24H25N3O4S2. The van der Waals surface area contributed by atoms with E-state index >= 15 is 0 Å². The molecule has 9 heteroatoms. The fraction of sp³-hybridized carbons (Fsp3) is 0.333. The topological polar surface area (TPSA) is 86.8 Å². The van der Waals surface area contributed by atoms with E-state index in [0.717, 1.165) is 40.6 Å². The molecule has 0 spiro atoms. The van der Waals surface area contributed by atoms with E-state index in [1.54, 1.807) is 22.4 Å². The average molecular weight is 484 g/mol. The van der Waals surface area contributed by atoms with Crippen molar-refractivity contribution >= 4 is 55.3 Å². The van der Waals surface area contributed by atoms with E-state index in [9.17, 15) is 18.0 Å². The van der Waals surface area contributed by atoms with Crippen LogP contribution in [0.4, 0.5) is 11.4 Å². The van der Waals surface area contributed by atoms with Crippen LogP contribution in [-0.2, 0) is 14.8 Å². The summed E-state index contributed by atoms with van der Waals surface area (Å²) in [5.74, 6) is -0.364. The Morgan fingerprint density at radius 2 is 2.03 bits per heavy atom. The first-order valence-electron chi connectivity index (χ1n) is 11.2.